The Kier molecular flexibility index (Phi) is 6.61. The fourth-order valence-electron chi connectivity index (χ4n) is 3.08. The molecule has 0 N–H and O–H groups in total. The van der Waals surface area contributed by atoms with Crippen molar-refractivity contribution < 1.29 is 23.4 Å². The predicted octanol–water partition coefficient (Wildman–Crippen LogP) is 4.11. The number of ether oxygens (including phenoxy) is 3. The number of hydrogen-bond donors (Lipinski definition) is 0. The molecule has 1 fully saturated rings. The van der Waals surface area contributed by atoms with Gasteiger partial charge in [0.15, 0.2) is 21.6 Å². The summed E-state index contributed by atoms with van der Waals surface area (Å²) in [6.07, 6.45) is 0. The number of anilines is 1. The maximum atomic E-state index is 12.8. The molecule has 0 saturated carbocycles. The molecule has 1 aromatic carbocycles. The lowest BCUT2D eigenvalue weighted by Crippen LogP contribution is -2.36. The lowest BCUT2D eigenvalue weighted by atomic mass is 10.1. The van der Waals surface area contributed by atoms with Gasteiger partial charge in [0, 0.05) is 24.0 Å². The van der Waals surface area contributed by atoms with Gasteiger partial charge in [-0.05, 0) is 30.3 Å². The highest BCUT2D eigenvalue weighted by atomic mass is 32.2. The summed E-state index contributed by atoms with van der Waals surface area (Å²) < 4.78 is 22.6. The van der Waals surface area contributed by atoms with Crippen LogP contribution in [-0.2, 0) is 10.5 Å². The SMILES string of the molecule is COc1ccc(C(=O)c2ccc(CSc3nc(N4CCOCC4)cs3)o2)cc1OC. The van der Waals surface area contributed by atoms with Crippen molar-refractivity contribution in [2.45, 2.75) is 10.1 Å². The van der Waals surface area contributed by atoms with Crippen LogP contribution in [0.15, 0.2) is 44.5 Å². The molecule has 158 valence electrons. The van der Waals surface area contributed by atoms with Gasteiger partial charge >= 0.3 is 0 Å². The number of carbonyl (C=O) groups is 1. The zero-order chi connectivity index (χ0) is 20.9. The molecular formula is C21H22N2O5S2. The number of ketones is 1. The van der Waals surface area contributed by atoms with Crippen molar-refractivity contribution in [3.63, 3.8) is 0 Å². The van der Waals surface area contributed by atoms with Crippen LogP contribution in [0.2, 0.25) is 0 Å². The summed E-state index contributed by atoms with van der Waals surface area (Å²) in [4.78, 5) is 19.7. The number of thioether (sulfide) groups is 1. The van der Waals surface area contributed by atoms with E-state index in [0.29, 0.717) is 28.6 Å². The lowest BCUT2D eigenvalue weighted by Gasteiger charge is -2.26. The maximum absolute atomic E-state index is 12.8. The van der Waals surface area contributed by atoms with Gasteiger partial charge in [-0.1, -0.05) is 11.8 Å². The minimum Gasteiger partial charge on any atom is -0.493 e. The number of carbonyl (C=O) groups excluding carboxylic acids is 1. The molecule has 7 nitrogen and oxygen atoms in total. The minimum absolute atomic E-state index is 0.198. The zero-order valence-corrected chi connectivity index (χ0v) is 18.4. The number of benzene rings is 1. The van der Waals surface area contributed by atoms with Crippen molar-refractivity contribution in [2.24, 2.45) is 0 Å². The number of nitrogens with zero attached hydrogens (tertiary/aromatic N) is 2. The van der Waals surface area contributed by atoms with E-state index in [9.17, 15) is 4.79 Å². The zero-order valence-electron chi connectivity index (χ0n) is 16.8. The summed E-state index contributed by atoms with van der Waals surface area (Å²) in [5.41, 5.74) is 0.483. The van der Waals surface area contributed by atoms with Crippen LogP contribution in [0.25, 0.3) is 0 Å². The van der Waals surface area contributed by atoms with Crippen LogP contribution in [0.1, 0.15) is 21.9 Å². The first-order valence-corrected chi connectivity index (χ1v) is 11.3. The molecule has 1 saturated heterocycles. The van der Waals surface area contributed by atoms with Crippen molar-refractivity contribution in [1.82, 2.24) is 4.98 Å². The molecular weight excluding hydrogens is 424 g/mol. The van der Waals surface area contributed by atoms with Crippen LogP contribution in [0.5, 0.6) is 11.5 Å². The highest BCUT2D eigenvalue weighted by molar-refractivity contribution is 8.00. The summed E-state index contributed by atoms with van der Waals surface area (Å²) in [5.74, 6) is 3.51. The predicted molar refractivity (Wildman–Crippen MR) is 116 cm³/mol. The van der Waals surface area contributed by atoms with E-state index in [-0.39, 0.29) is 5.78 Å². The third-order valence-electron chi connectivity index (χ3n) is 4.68. The average molecular weight is 447 g/mol. The standard InChI is InChI=1S/C21H22N2O5S2/c1-25-16-5-3-14(11-18(16)26-2)20(24)17-6-4-15(28-17)12-29-21-22-19(13-30-21)23-7-9-27-10-8-23/h3-6,11,13H,7-10,12H2,1-2H3. The molecule has 0 radical (unpaired) electrons. The Hall–Kier alpha value is -2.49. The normalized spacial score (nSPS) is 14.0. The molecule has 0 unspecified atom stereocenters. The lowest BCUT2D eigenvalue weighted by molar-refractivity contribution is 0.101. The van der Waals surface area contributed by atoms with Gasteiger partial charge in [0.25, 0.3) is 0 Å². The summed E-state index contributed by atoms with van der Waals surface area (Å²) in [5, 5.41) is 2.07. The number of morpholine rings is 1. The topological polar surface area (TPSA) is 74.0 Å². The molecule has 2 aromatic heterocycles. The third-order valence-corrected chi connectivity index (χ3v) is 6.71. The number of methoxy groups -OCH3 is 2. The summed E-state index contributed by atoms with van der Waals surface area (Å²) in [7, 11) is 3.10. The van der Waals surface area contributed by atoms with E-state index in [0.717, 1.165) is 42.2 Å². The van der Waals surface area contributed by atoms with E-state index in [1.807, 2.05) is 6.07 Å². The van der Waals surface area contributed by atoms with Gasteiger partial charge in [-0.2, -0.15) is 0 Å². The first kappa shape index (κ1) is 20.8. The van der Waals surface area contributed by atoms with Crippen LogP contribution in [0, 0.1) is 0 Å². The van der Waals surface area contributed by atoms with Crippen molar-refractivity contribution in [1.29, 1.82) is 0 Å². The van der Waals surface area contributed by atoms with Gasteiger partial charge in [-0.3, -0.25) is 4.79 Å². The second-order valence-corrected chi connectivity index (χ2v) is 8.61. The van der Waals surface area contributed by atoms with Gasteiger partial charge < -0.3 is 23.5 Å². The molecule has 1 aliphatic rings. The second kappa shape index (κ2) is 9.55. The number of thiazole rings is 1. The summed E-state index contributed by atoms with van der Waals surface area (Å²) in [6, 6.07) is 8.60. The molecule has 0 bridgehead atoms. The molecule has 0 amide bonds. The van der Waals surface area contributed by atoms with Crippen LogP contribution in [0.3, 0.4) is 0 Å². The fraction of sp³-hybridized carbons (Fsp3) is 0.333. The smallest absolute Gasteiger partial charge is 0.228 e. The Balaban J connectivity index is 1.38. The average Bonchev–Trinajstić information content (AvgIpc) is 3.47. The number of furan rings is 1. The maximum Gasteiger partial charge on any atom is 0.228 e. The van der Waals surface area contributed by atoms with Crippen molar-refractivity contribution in [2.75, 3.05) is 45.4 Å². The Morgan fingerprint density at radius 3 is 2.73 bits per heavy atom. The van der Waals surface area contributed by atoms with Gasteiger partial charge in [0.2, 0.25) is 5.78 Å². The van der Waals surface area contributed by atoms with Crippen LogP contribution in [0.4, 0.5) is 5.82 Å². The number of aromatic nitrogens is 1. The van der Waals surface area contributed by atoms with Crippen molar-refractivity contribution in [3.05, 3.63) is 52.8 Å². The number of rotatable bonds is 8. The summed E-state index contributed by atoms with van der Waals surface area (Å²) >= 11 is 3.21. The van der Waals surface area contributed by atoms with Crippen molar-refractivity contribution >= 4 is 34.7 Å². The summed E-state index contributed by atoms with van der Waals surface area (Å²) in [6.45, 7) is 3.22. The molecule has 0 atom stereocenters. The van der Waals surface area contributed by atoms with E-state index in [1.165, 1.54) is 7.11 Å². The van der Waals surface area contributed by atoms with Gasteiger partial charge in [0.1, 0.15) is 11.6 Å². The molecule has 3 aromatic rings. The second-order valence-electron chi connectivity index (χ2n) is 6.52. The highest BCUT2D eigenvalue weighted by Crippen LogP contribution is 2.31. The van der Waals surface area contributed by atoms with Crippen molar-refractivity contribution in [3.8, 4) is 11.5 Å². The van der Waals surface area contributed by atoms with E-state index < -0.39 is 0 Å². The molecule has 0 aliphatic carbocycles. The molecule has 4 rings (SSSR count). The van der Waals surface area contributed by atoms with Gasteiger partial charge in [-0.25, -0.2) is 4.98 Å². The van der Waals surface area contributed by atoms with Crippen LogP contribution < -0.4 is 14.4 Å². The molecule has 0 spiro atoms. The Bertz CT molecular complexity index is 1010. The molecule has 3 heterocycles. The Morgan fingerprint density at radius 1 is 1.17 bits per heavy atom. The van der Waals surface area contributed by atoms with E-state index >= 15 is 0 Å². The van der Waals surface area contributed by atoms with Gasteiger partial charge in [-0.15, -0.1) is 11.3 Å². The molecule has 30 heavy (non-hydrogen) atoms. The quantitative estimate of drug-likeness (QED) is 0.378. The Labute approximate surface area is 182 Å². The van der Waals surface area contributed by atoms with Crippen LogP contribution >= 0.6 is 23.1 Å². The highest BCUT2D eigenvalue weighted by Gasteiger charge is 2.18. The third kappa shape index (κ3) is 4.63. The first-order chi connectivity index (χ1) is 14.7. The Morgan fingerprint density at radius 2 is 1.97 bits per heavy atom. The first-order valence-electron chi connectivity index (χ1n) is 9.44. The van der Waals surface area contributed by atoms with Crippen LogP contribution in [-0.4, -0.2) is 51.3 Å². The minimum atomic E-state index is -0.198. The largest absolute Gasteiger partial charge is 0.493 e. The van der Waals surface area contributed by atoms with Gasteiger partial charge in [0.05, 0.1) is 33.2 Å². The van der Waals surface area contributed by atoms with E-state index in [1.54, 1.807) is 54.5 Å². The number of hydrogen-bond acceptors (Lipinski definition) is 9. The molecule has 1 aliphatic heterocycles. The van der Waals surface area contributed by atoms with E-state index in [2.05, 4.69) is 10.3 Å². The molecule has 9 heteroatoms. The monoisotopic (exact) mass is 446 g/mol. The van der Waals surface area contributed by atoms with E-state index in [4.69, 9.17) is 23.6 Å². The fourth-order valence-corrected chi connectivity index (χ4v) is 4.81.